The lowest BCUT2D eigenvalue weighted by atomic mass is 10.0. The van der Waals surface area contributed by atoms with Crippen molar-refractivity contribution in [2.24, 2.45) is 11.7 Å². The van der Waals surface area contributed by atoms with Gasteiger partial charge in [0.2, 0.25) is 0 Å². The molecule has 0 bridgehead atoms. The van der Waals surface area contributed by atoms with Crippen LogP contribution in [0.15, 0.2) is 24.3 Å². The maximum atomic E-state index is 5.82. The van der Waals surface area contributed by atoms with Crippen molar-refractivity contribution in [1.29, 1.82) is 0 Å². The maximum absolute atomic E-state index is 5.82. The van der Waals surface area contributed by atoms with Crippen molar-refractivity contribution in [2.45, 2.75) is 32.2 Å². The third-order valence-electron chi connectivity index (χ3n) is 3.38. The molecular formula is C14H22N2. The van der Waals surface area contributed by atoms with Crippen molar-refractivity contribution in [1.82, 2.24) is 5.32 Å². The van der Waals surface area contributed by atoms with Crippen molar-refractivity contribution in [3.05, 3.63) is 35.4 Å². The molecule has 0 heterocycles. The fraction of sp³-hybridized carbons (Fsp3) is 0.571. The van der Waals surface area contributed by atoms with Gasteiger partial charge in [0.05, 0.1) is 0 Å². The van der Waals surface area contributed by atoms with Gasteiger partial charge in [0.1, 0.15) is 0 Å². The van der Waals surface area contributed by atoms with Crippen LogP contribution in [0, 0.1) is 5.92 Å². The predicted octanol–water partition coefficient (Wildman–Crippen LogP) is 2.25. The Labute approximate surface area is 98.2 Å². The normalized spacial score (nSPS) is 17.4. The van der Waals surface area contributed by atoms with E-state index < -0.39 is 0 Å². The molecule has 16 heavy (non-hydrogen) atoms. The molecule has 88 valence electrons. The van der Waals surface area contributed by atoms with Gasteiger partial charge in [-0.3, -0.25) is 0 Å². The highest BCUT2D eigenvalue weighted by atomic mass is 14.9. The third-order valence-corrected chi connectivity index (χ3v) is 3.38. The first-order chi connectivity index (χ1) is 7.83. The largest absolute Gasteiger partial charge is 0.329 e. The zero-order valence-electron chi connectivity index (χ0n) is 10.1. The molecule has 1 unspecified atom stereocenters. The van der Waals surface area contributed by atoms with E-state index in [4.69, 9.17) is 5.73 Å². The molecule has 0 aromatic heterocycles. The zero-order chi connectivity index (χ0) is 11.4. The average Bonchev–Trinajstić information content (AvgIpc) is 3.15. The Balaban J connectivity index is 1.94. The fourth-order valence-corrected chi connectivity index (χ4v) is 1.95. The van der Waals surface area contributed by atoms with E-state index in [1.807, 2.05) is 0 Å². The average molecular weight is 218 g/mol. The van der Waals surface area contributed by atoms with Crippen molar-refractivity contribution in [3.8, 4) is 0 Å². The molecule has 0 aliphatic heterocycles. The summed E-state index contributed by atoms with van der Waals surface area (Å²) in [5.74, 6) is 0.906. The number of hydrogen-bond acceptors (Lipinski definition) is 2. The summed E-state index contributed by atoms with van der Waals surface area (Å²) in [6.45, 7) is 3.98. The van der Waals surface area contributed by atoms with E-state index in [0.29, 0.717) is 12.6 Å². The van der Waals surface area contributed by atoms with Crippen molar-refractivity contribution in [3.63, 3.8) is 0 Å². The van der Waals surface area contributed by atoms with Gasteiger partial charge in [-0.15, -0.1) is 0 Å². The lowest BCUT2D eigenvalue weighted by Crippen LogP contribution is -2.29. The van der Waals surface area contributed by atoms with Crippen LogP contribution in [0.2, 0.25) is 0 Å². The van der Waals surface area contributed by atoms with E-state index in [0.717, 1.165) is 18.9 Å². The standard InChI is InChI=1S/C14H22N2/c1-2-11-5-7-13(8-6-11)14(9-15)16-10-12-3-4-12/h5-8,12,14,16H,2-4,9-10,15H2,1H3. The summed E-state index contributed by atoms with van der Waals surface area (Å²) in [4.78, 5) is 0. The van der Waals surface area contributed by atoms with Gasteiger partial charge in [0.15, 0.2) is 0 Å². The molecular weight excluding hydrogens is 196 g/mol. The van der Waals surface area contributed by atoms with Gasteiger partial charge in [-0.2, -0.15) is 0 Å². The van der Waals surface area contributed by atoms with Crippen LogP contribution < -0.4 is 11.1 Å². The van der Waals surface area contributed by atoms with Crippen LogP contribution in [-0.4, -0.2) is 13.1 Å². The molecule has 2 nitrogen and oxygen atoms in total. The summed E-state index contributed by atoms with van der Waals surface area (Å²) in [6, 6.07) is 9.15. The highest BCUT2D eigenvalue weighted by molar-refractivity contribution is 5.25. The van der Waals surface area contributed by atoms with Crippen LogP contribution in [0.1, 0.15) is 36.9 Å². The second-order valence-electron chi connectivity index (χ2n) is 4.74. The SMILES string of the molecule is CCc1ccc(C(CN)NCC2CC2)cc1. The van der Waals surface area contributed by atoms with Gasteiger partial charge in [-0.05, 0) is 42.9 Å². The van der Waals surface area contributed by atoms with Crippen molar-refractivity contribution in [2.75, 3.05) is 13.1 Å². The molecule has 0 saturated heterocycles. The molecule has 1 fully saturated rings. The molecule has 1 aromatic rings. The molecule has 0 radical (unpaired) electrons. The van der Waals surface area contributed by atoms with Gasteiger partial charge in [0, 0.05) is 12.6 Å². The van der Waals surface area contributed by atoms with E-state index in [1.54, 1.807) is 0 Å². The van der Waals surface area contributed by atoms with Gasteiger partial charge >= 0.3 is 0 Å². The van der Waals surface area contributed by atoms with Crippen LogP contribution in [0.4, 0.5) is 0 Å². The molecule has 0 amide bonds. The first-order valence-electron chi connectivity index (χ1n) is 6.35. The zero-order valence-corrected chi connectivity index (χ0v) is 10.1. The molecule has 1 aromatic carbocycles. The van der Waals surface area contributed by atoms with Crippen LogP contribution in [0.3, 0.4) is 0 Å². The number of hydrogen-bond donors (Lipinski definition) is 2. The van der Waals surface area contributed by atoms with Gasteiger partial charge < -0.3 is 11.1 Å². The molecule has 2 heteroatoms. The first kappa shape index (κ1) is 11.6. The van der Waals surface area contributed by atoms with Gasteiger partial charge in [-0.1, -0.05) is 31.2 Å². The van der Waals surface area contributed by atoms with E-state index in [1.165, 1.54) is 24.0 Å². The minimum absolute atomic E-state index is 0.325. The fourth-order valence-electron chi connectivity index (χ4n) is 1.95. The second kappa shape index (κ2) is 5.46. The number of rotatable bonds is 6. The second-order valence-corrected chi connectivity index (χ2v) is 4.74. The van der Waals surface area contributed by atoms with Gasteiger partial charge in [0.25, 0.3) is 0 Å². The molecule has 1 saturated carbocycles. The van der Waals surface area contributed by atoms with Crippen LogP contribution in [0.25, 0.3) is 0 Å². The Bertz CT molecular complexity index is 314. The highest BCUT2D eigenvalue weighted by Gasteiger charge is 2.22. The highest BCUT2D eigenvalue weighted by Crippen LogP contribution is 2.28. The lowest BCUT2D eigenvalue weighted by molar-refractivity contribution is 0.522. The number of benzene rings is 1. The molecule has 1 aliphatic rings. The summed E-state index contributed by atoms with van der Waals surface area (Å²) < 4.78 is 0. The Morgan fingerprint density at radius 3 is 2.50 bits per heavy atom. The van der Waals surface area contributed by atoms with Crippen molar-refractivity contribution < 1.29 is 0 Å². The van der Waals surface area contributed by atoms with E-state index in [2.05, 4.69) is 36.5 Å². The molecule has 1 atom stereocenters. The summed E-state index contributed by atoms with van der Waals surface area (Å²) >= 11 is 0. The monoisotopic (exact) mass is 218 g/mol. The summed E-state index contributed by atoms with van der Waals surface area (Å²) in [7, 11) is 0. The van der Waals surface area contributed by atoms with Crippen LogP contribution in [-0.2, 0) is 6.42 Å². The van der Waals surface area contributed by atoms with Crippen molar-refractivity contribution >= 4 is 0 Å². The van der Waals surface area contributed by atoms with Gasteiger partial charge in [-0.25, -0.2) is 0 Å². The maximum Gasteiger partial charge on any atom is 0.0444 e. The number of nitrogens with two attached hydrogens (primary N) is 1. The Morgan fingerprint density at radius 2 is 2.00 bits per heavy atom. The molecule has 0 spiro atoms. The number of nitrogens with one attached hydrogen (secondary N) is 1. The molecule has 3 N–H and O–H groups in total. The van der Waals surface area contributed by atoms with E-state index >= 15 is 0 Å². The predicted molar refractivity (Wildman–Crippen MR) is 68.3 cm³/mol. The van der Waals surface area contributed by atoms with E-state index in [-0.39, 0.29) is 0 Å². The summed E-state index contributed by atoms with van der Waals surface area (Å²) in [5, 5.41) is 3.56. The summed E-state index contributed by atoms with van der Waals surface area (Å²) in [6.07, 6.45) is 3.88. The third kappa shape index (κ3) is 3.06. The topological polar surface area (TPSA) is 38.0 Å². The van der Waals surface area contributed by atoms with Crippen LogP contribution in [0.5, 0.6) is 0 Å². The molecule has 2 rings (SSSR count). The Hall–Kier alpha value is -0.860. The molecule has 1 aliphatic carbocycles. The lowest BCUT2D eigenvalue weighted by Gasteiger charge is -2.17. The first-order valence-corrected chi connectivity index (χ1v) is 6.35. The minimum atomic E-state index is 0.325. The smallest absolute Gasteiger partial charge is 0.0444 e. The summed E-state index contributed by atoms with van der Waals surface area (Å²) in [5.41, 5.74) is 8.53. The number of aryl methyl sites for hydroxylation is 1. The minimum Gasteiger partial charge on any atom is -0.329 e. The van der Waals surface area contributed by atoms with Crippen LogP contribution >= 0.6 is 0 Å². The quantitative estimate of drug-likeness (QED) is 0.768. The Kier molecular flexibility index (Phi) is 3.97. The van der Waals surface area contributed by atoms with E-state index in [9.17, 15) is 0 Å². The Morgan fingerprint density at radius 1 is 1.31 bits per heavy atom.